The SMILES string of the molecule is FC1=CCCC(OC2CCC=C(F)O2)O1. The molecule has 0 aliphatic carbocycles. The Labute approximate surface area is 86.3 Å². The molecular weight excluding hydrogens is 206 g/mol. The molecule has 2 unspecified atom stereocenters. The minimum absolute atomic E-state index is 0.554. The Morgan fingerprint density at radius 2 is 1.47 bits per heavy atom. The van der Waals surface area contributed by atoms with Crippen LogP contribution >= 0.6 is 0 Å². The maximum Gasteiger partial charge on any atom is 0.270 e. The summed E-state index contributed by atoms with van der Waals surface area (Å²) >= 11 is 0. The molecule has 0 amide bonds. The highest BCUT2D eigenvalue weighted by Crippen LogP contribution is 2.24. The molecule has 2 aliphatic rings. The van der Waals surface area contributed by atoms with Crippen molar-refractivity contribution >= 4 is 0 Å². The van der Waals surface area contributed by atoms with Crippen LogP contribution in [0.1, 0.15) is 25.7 Å². The van der Waals surface area contributed by atoms with Gasteiger partial charge in [0, 0.05) is 12.8 Å². The quantitative estimate of drug-likeness (QED) is 0.713. The first kappa shape index (κ1) is 10.4. The van der Waals surface area contributed by atoms with Gasteiger partial charge in [-0.3, -0.25) is 0 Å². The van der Waals surface area contributed by atoms with E-state index in [1.54, 1.807) is 0 Å². The van der Waals surface area contributed by atoms with Crippen molar-refractivity contribution in [1.29, 1.82) is 0 Å². The zero-order chi connectivity index (χ0) is 10.7. The molecular formula is C10H12F2O3. The van der Waals surface area contributed by atoms with Gasteiger partial charge in [0.05, 0.1) is 0 Å². The molecule has 0 bridgehead atoms. The first-order valence-electron chi connectivity index (χ1n) is 4.94. The van der Waals surface area contributed by atoms with E-state index in [1.165, 1.54) is 12.2 Å². The summed E-state index contributed by atoms with van der Waals surface area (Å²) in [7, 11) is 0. The molecule has 2 rings (SSSR count). The van der Waals surface area contributed by atoms with Gasteiger partial charge in [-0.2, -0.15) is 8.78 Å². The summed E-state index contributed by atoms with van der Waals surface area (Å²) in [4.78, 5) is 0. The normalized spacial score (nSPS) is 31.1. The van der Waals surface area contributed by atoms with Gasteiger partial charge in [0.15, 0.2) is 0 Å². The lowest BCUT2D eigenvalue weighted by Crippen LogP contribution is -2.28. The Kier molecular flexibility index (Phi) is 3.20. The highest BCUT2D eigenvalue weighted by Gasteiger charge is 2.24. The van der Waals surface area contributed by atoms with Gasteiger partial charge < -0.3 is 14.2 Å². The number of allylic oxidation sites excluding steroid dienone is 2. The van der Waals surface area contributed by atoms with Crippen molar-refractivity contribution < 1.29 is 23.0 Å². The van der Waals surface area contributed by atoms with Crippen molar-refractivity contribution in [3.8, 4) is 0 Å². The van der Waals surface area contributed by atoms with Crippen molar-refractivity contribution in [2.24, 2.45) is 0 Å². The third kappa shape index (κ3) is 2.92. The standard InChI is InChI=1S/C10H12F2O3/c11-7-3-1-5-9(13-7)15-10-6-2-4-8(12)14-10/h3-4,9-10H,1-2,5-6H2. The molecule has 0 spiro atoms. The minimum atomic E-state index is -0.675. The first-order valence-corrected chi connectivity index (χ1v) is 4.94. The molecule has 0 saturated heterocycles. The van der Waals surface area contributed by atoms with E-state index in [0.29, 0.717) is 25.7 Å². The van der Waals surface area contributed by atoms with Crippen LogP contribution in [0.4, 0.5) is 8.78 Å². The fourth-order valence-corrected chi connectivity index (χ4v) is 1.49. The van der Waals surface area contributed by atoms with E-state index in [0.717, 1.165) is 0 Å². The highest BCUT2D eigenvalue weighted by molar-refractivity contribution is 4.89. The summed E-state index contributed by atoms with van der Waals surface area (Å²) < 4.78 is 40.2. The second-order valence-corrected chi connectivity index (χ2v) is 3.40. The van der Waals surface area contributed by atoms with Gasteiger partial charge in [-0.05, 0) is 25.0 Å². The third-order valence-electron chi connectivity index (χ3n) is 2.21. The van der Waals surface area contributed by atoms with Crippen LogP contribution in [-0.2, 0) is 14.2 Å². The predicted molar refractivity (Wildman–Crippen MR) is 47.7 cm³/mol. The summed E-state index contributed by atoms with van der Waals surface area (Å²) in [6.45, 7) is 0. The van der Waals surface area contributed by atoms with E-state index < -0.39 is 24.6 Å². The Bertz CT molecular complexity index is 260. The molecule has 0 radical (unpaired) electrons. The number of rotatable bonds is 2. The Morgan fingerprint density at radius 1 is 1.00 bits per heavy atom. The monoisotopic (exact) mass is 218 g/mol. The molecule has 2 heterocycles. The summed E-state index contributed by atoms with van der Waals surface area (Å²) in [5, 5.41) is 0. The van der Waals surface area contributed by atoms with E-state index in [-0.39, 0.29) is 0 Å². The lowest BCUT2D eigenvalue weighted by atomic mass is 10.2. The van der Waals surface area contributed by atoms with Gasteiger partial charge in [0.25, 0.3) is 12.0 Å². The van der Waals surface area contributed by atoms with Crippen LogP contribution in [0, 0.1) is 0 Å². The van der Waals surface area contributed by atoms with Crippen molar-refractivity contribution in [1.82, 2.24) is 0 Å². The van der Waals surface area contributed by atoms with Crippen LogP contribution in [0.15, 0.2) is 24.2 Å². The van der Waals surface area contributed by atoms with Gasteiger partial charge in [0.2, 0.25) is 12.6 Å². The molecule has 0 aromatic rings. The lowest BCUT2D eigenvalue weighted by molar-refractivity contribution is -0.242. The predicted octanol–water partition coefficient (Wildman–Crippen LogP) is 2.90. The molecule has 3 nitrogen and oxygen atoms in total. The fraction of sp³-hybridized carbons (Fsp3) is 0.600. The molecule has 0 saturated carbocycles. The largest absolute Gasteiger partial charge is 0.441 e. The van der Waals surface area contributed by atoms with Gasteiger partial charge in [-0.15, -0.1) is 0 Å². The maximum atomic E-state index is 12.7. The average Bonchev–Trinajstić information content (AvgIpc) is 2.17. The van der Waals surface area contributed by atoms with Crippen molar-refractivity contribution in [2.75, 3.05) is 0 Å². The number of halogens is 2. The van der Waals surface area contributed by atoms with E-state index in [2.05, 4.69) is 0 Å². The summed E-state index contributed by atoms with van der Waals surface area (Å²) in [5.41, 5.74) is 0. The molecule has 5 heteroatoms. The molecule has 0 N–H and O–H groups in total. The zero-order valence-corrected chi connectivity index (χ0v) is 8.12. The average molecular weight is 218 g/mol. The van der Waals surface area contributed by atoms with Crippen LogP contribution < -0.4 is 0 Å². The Morgan fingerprint density at radius 3 is 1.87 bits per heavy atom. The minimum Gasteiger partial charge on any atom is -0.441 e. The van der Waals surface area contributed by atoms with Crippen molar-refractivity contribution in [3.63, 3.8) is 0 Å². The Hall–Kier alpha value is -1.10. The molecule has 0 aromatic carbocycles. The van der Waals surface area contributed by atoms with Gasteiger partial charge in [0.1, 0.15) is 0 Å². The van der Waals surface area contributed by atoms with Gasteiger partial charge in [-0.1, -0.05) is 0 Å². The second kappa shape index (κ2) is 4.61. The number of hydrogen-bond donors (Lipinski definition) is 0. The van der Waals surface area contributed by atoms with Gasteiger partial charge >= 0.3 is 0 Å². The zero-order valence-electron chi connectivity index (χ0n) is 8.12. The van der Waals surface area contributed by atoms with Crippen LogP contribution in [0.3, 0.4) is 0 Å². The van der Waals surface area contributed by atoms with E-state index >= 15 is 0 Å². The third-order valence-corrected chi connectivity index (χ3v) is 2.21. The molecule has 2 aliphatic heterocycles. The highest BCUT2D eigenvalue weighted by atomic mass is 19.1. The van der Waals surface area contributed by atoms with E-state index in [4.69, 9.17) is 14.2 Å². The van der Waals surface area contributed by atoms with Crippen LogP contribution in [0.2, 0.25) is 0 Å². The fourth-order valence-electron chi connectivity index (χ4n) is 1.49. The van der Waals surface area contributed by atoms with Gasteiger partial charge in [-0.25, -0.2) is 0 Å². The summed E-state index contributed by atoms with van der Waals surface area (Å²) in [5.74, 6) is 0. The van der Waals surface area contributed by atoms with E-state index in [9.17, 15) is 8.78 Å². The van der Waals surface area contributed by atoms with E-state index in [1.807, 2.05) is 0 Å². The topological polar surface area (TPSA) is 27.7 Å². The molecule has 2 atom stereocenters. The van der Waals surface area contributed by atoms with Crippen LogP contribution in [0.25, 0.3) is 0 Å². The first-order chi connectivity index (χ1) is 7.24. The molecule has 0 aromatic heterocycles. The summed E-state index contributed by atoms with van der Waals surface area (Å²) in [6.07, 6.45) is 3.57. The molecule has 0 fully saturated rings. The smallest absolute Gasteiger partial charge is 0.270 e. The van der Waals surface area contributed by atoms with Crippen molar-refractivity contribution in [3.05, 3.63) is 24.2 Å². The second-order valence-electron chi connectivity index (χ2n) is 3.40. The maximum absolute atomic E-state index is 12.7. The Balaban J connectivity index is 1.82. The number of ether oxygens (including phenoxy) is 3. The lowest BCUT2D eigenvalue weighted by Gasteiger charge is -2.27. The van der Waals surface area contributed by atoms with Crippen molar-refractivity contribution in [2.45, 2.75) is 38.3 Å². The van der Waals surface area contributed by atoms with Crippen LogP contribution in [-0.4, -0.2) is 12.6 Å². The molecule has 84 valence electrons. The molecule has 15 heavy (non-hydrogen) atoms. The summed E-state index contributed by atoms with van der Waals surface area (Å²) in [6, 6.07) is -1.28. The number of hydrogen-bond acceptors (Lipinski definition) is 3. The van der Waals surface area contributed by atoms with Crippen LogP contribution in [0.5, 0.6) is 0 Å².